The predicted molar refractivity (Wildman–Crippen MR) is 71.8 cm³/mol. The number of fused-ring (bicyclic) bond motifs is 1. The van der Waals surface area contributed by atoms with Crippen molar-refractivity contribution in [3.8, 4) is 0 Å². The topological polar surface area (TPSA) is 110 Å². The average Bonchev–Trinajstić information content (AvgIpc) is 2.67. The number of aliphatic carboxylic acids is 1. The predicted octanol–water partition coefficient (Wildman–Crippen LogP) is -0.150. The molecule has 0 aliphatic rings. The van der Waals surface area contributed by atoms with Crippen LogP contribution in [0.3, 0.4) is 0 Å². The molecule has 2 aromatic heterocycles. The maximum atomic E-state index is 11.9. The van der Waals surface area contributed by atoms with Crippen LogP contribution >= 0.6 is 0 Å². The fourth-order valence-electron chi connectivity index (χ4n) is 2.21. The quantitative estimate of drug-likeness (QED) is 0.791. The molecule has 0 aromatic carbocycles. The molecular weight excluding hydrogens is 264 g/mol. The van der Waals surface area contributed by atoms with Crippen LogP contribution in [0.15, 0.2) is 9.59 Å². The van der Waals surface area contributed by atoms with Gasteiger partial charge in [0.2, 0.25) is 0 Å². The highest BCUT2D eigenvalue weighted by molar-refractivity contribution is 5.71. The zero-order chi connectivity index (χ0) is 14.9. The minimum Gasteiger partial charge on any atom is -0.481 e. The molecule has 2 rings (SSSR count). The first kappa shape index (κ1) is 14.0. The number of carbonyl (C=O) groups is 1. The van der Waals surface area contributed by atoms with Gasteiger partial charge in [-0.05, 0) is 13.3 Å². The van der Waals surface area contributed by atoms with Crippen molar-refractivity contribution in [1.82, 2.24) is 19.1 Å². The molecule has 2 heterocycles. The molecule has 2 N–H and O–H groups in total. The first-order valence-corrected chi connectivity index (χ1v) is 6.36. The summed E-state index contributed by atoms with van der Waals surface area (Å²) in [5, 5.41) is 8.64. The molecule has 0 aliphatic carbocycles. The van der Waals surface area contributed by atoms with Gasteiger partial charge in [-0.2, -0.15) is 0 Å². The third kappa shape index (κ3) is 2.36. The Labute approximate surface area is 113 Å². The van der Waals surface area contributed by atoms with Crippen molar-refractivity contribution in [2.45, 2.75) is 32.7 Å². The number of H-pyrrole nitrogens is 1. The number of nitrogens with one attached hydrogen (secondary N) is 1. The Kier molecular flexibility index (Phi) is 3.73. The van der Waals surface area contributed by atoms with Gasteiger partial charge in [-0.15, -0.1) is 0 Å². The summed E-state index contributed by atoms with van der Waals surface area (Å²) < 4.78 is 3.00. The summed E-state index contributed by atoms with van der Waals surface area (Å²) in [6, 6.07) is 0. The molecule has 0 atom stereocenters. The van der Waals surface area contributed by atoms with E-state index in [-0.39, 0.29) is 6.42 Å². The number of nitrogens with zero attached hydrogens (tertiary/aromatic N) is 3. The lowest BCUT2D eigenvalue weighted by Crippen LogP contribution is -2.30. The molecule has 8 heteroatoms. The highest BCUT2D eigenvalue weighted by atomic mass is 16.4. The fraction of sp³-hybridized carbons (Fsp3) is 0.500. The molecule has 20 heavy (non-hydrogen) atoms. The van der Waals surface area contributed by atoms with Crippen LogP contribution in [0.2, 0.25) is 0 Å². The van der Waals surface area contributed by atoms with Crippen molar-refractivity contribution in [1.29, 1.82) is 0 Å². The van der Waals surface area contributed by atoms with Crippen LogP contribution in [0.4, 0.5) is 0 Å². The highest BCUT2D eigenvalue weighted by Gasteiger charge is 2.15. The highest BCUT2D eigenvalue weighted by Crippen LogP contribution is 2.11. The summed E-state index contributed by atoms with van der Waals surface area (Å²) in [7, 11) is 1.69. The molecule has 0 saturated carbocycles. The van der Waals surface area contributed by atoms with E-state index < -0.39 is 17.2 Å². The van der Waals surface area contributed by atoms with E-state index in [1.54, 1.807) is 18.5 Å². The van der Waals surface area contributed by atoms with Gasteiger partial charge < -0.3 is 9.67 Å². The second kappa shape index (κ2) is 5.32. The van der Waals surface area contributed by atoms with Crippen molar-refractivity contribution in [3.63, 3.8) is 0 Å². The number of hydrogen-bond donors (Lipinski definition) is 2. The Bertz CT molecular complexity index is 768. The molecule has 0 amide bonds. The molecule has 0 bridgehead atoms. The van der Waals surface area contributed by atoms with Gasteiger partial charge in [-0.1, -0.05) is 0 Å². The smallest absolute Gasteiger partial charge is 0.330 e. The average molecular weight is 280 g/mol. The lowest BCUT2D eigenvalue weighted by atomic mass is 10.2. The van der Waals surface area contributed by atoms with E-state index in [0.717, 1.165) is 0 Å². The van der Waals surface area contributed by atoms with E-state index in [0.29, 0.717) is 36.4 Å². The van der Waals surface area contributed by atoms with Gasteiger partial charge in [-0.25, -0.2) is 9.78 Å². The molecule has 0 radical (unpaired) electrons. The number of carboxylic acid groups (broad SMARTS) is 1. The molecule has 0 aliphatic heterocycles. The molecule has 2 aromatic rings. The van der Waals surface area contributed by atoms with Crippen molar-refractivity contribution < 1.29 is 9.90 Å². The Balaban J connectivity index is 2.52. The molecule has 108 valence electrons. The van der Waals surface area contributed by atoms with Gasteiger partial charge in [0.1, 0.15) is 5.82 Å². The summed E-state index contributed by atoms with van der Waals surface area (Å²) in [6.45, 7) is 2.19. The number of imidazole rings is 1. The molecule has 8 nitrogen and oxygen atoms in total. The summed E-state index contributed by atoms with van der Waals surface area (Å²) in [4.78, 5) is 40.6. The van der Waals surface area contributed by atoms with E-state index in [2.05, 4.69) is 9.97 Å². The van der Waals surface area contributed by atoms with Gasteiger partial charge in [0.05, 0.1) is 0 Å². The second-order valence-corrected chi connectivity index (χ2v) is 4.51. The van der Waals surface area contributed by atoms with Gasteiger partial charge in [0.25, 0.3) is 5.56 Å². The third-order valence-corrected chi connectivity index (χ3v) is 3.21. The van der Waals surface area contributed by atoms with Crippen molar-refractivity contribution >= 4 is 17.1 Å². The van der Waals surface area contributed by atoms with Crippen LogP contribution in [0.1, 0.15) is 25.6 Å². The van der Waals surface area contributed by atoms with E-state index in [1.807, 2.05) is 0 Å². The Morgan fingerprint density at radius 3 is 2.70 bits per heavy atom. The summed E-state index contributed by atoms with van der Waals surface area (Å²) >= 11 is 0. The van der Waals surface area contributed by atoms with Crippen molar-refractivity contribution in [3.05, 3.63) is 26.7 Å². The van der Waals surface area contributed by atoms with Gasteiger partial charge in [-0.3, -0.25) is 19.1 Å². The van der Waals surface area contributed by atoms with Crippen LogP contribution in [0.25, 0.3) is 11.2 Å². The molecule has 0 spiro atoms. The first-order valence-electron chi connectivity index (χ1n) is 6.36. The maximum absolute atomic E-state index is 11.9. The minimum atomic E-state index is -0.868. The van der Waals surface area contributed by atoms with E-state index in [4.69, 9.17) is 5.11 Å². The second-order valence-electron chi connectivity index (χ2n) is 4.51. The van der Waals surface area contributed by atoms with Crippen LogP contribution in [0, 0.1) is 0 Å². The molecule has 0 unspecified atom stereocenters. The minimum absolute atomic E-state index is 0.0418. The largest absolute Gasteiger partial charge is 0.481 e. The first-order chi connectivity index (χ1) is 9.45. The number of carboxylic acids is 1. The summed E-state index contributed by atoms with van der Waals surface area (Å²) in [5.74, 6) is -0.272. The summed E-state index contributed by atoms with van der Waals surface area (Å²) in [5.41, 5.74) is -0.291. The number of rotatable bonds is 5. The van der Waals surface area contributed by atoms with Crippen LogP contribution in [-0.2, 0) is 24.8 Å². The summed E-state index contributed by atoms with van der Waals surface area (Å²) in [6.07, 6.45) is 0.912. The standard InChI is InChI=1S/C12H16N4O4/c1-3-16-10-9(11(19)14-12(16)20)15(2)7(13-10)5-4-6-8(17)18/h3-6H2,1-2H3,(H,17,18)(H,14,19,20). The van der Waals surface area contributed by atoms with Crippen molar-refractivity contribution in [2.75, 3.05) is 0 Å². The Morgan fingerprint density at radius 2 is 2.10 bits per heavy atom. The number of hydrogen-bond acceptors (Lipinski definition) is 4. The van der Waals surface area contributed by atoms with Gasteiger partial charge >= 0.3 is 11.7 Å². The third-order valence-electron chi connectivity index (χ3n) is 3.21. The van der Waals surface area contributed by atoms with Crippen LogP contribution in [0.5, 0.6) is 0 Å². The molecular formula is C12H16N4O4. The van der Waals surface area contributed by atoms with E-state index in [1.165, 1.54) is 4.57 Å². The lowest BCUT2D eigenvalue weighted by Gasteiger charge is -2.01. The lowest BCUT2D eigenvalue weighted by molar-refractivity contribution is -0.137. The van der Waals surface area contributed by atoms with E-state index >= 15 is 0 Å². The monoisotopic (exact) mass is 280 g/mol. The number of aromatic amines is 1. The number of aromatic nitrogens is 4. The van der Waals surface area contributed by atoms with E-state index in [9.17, 15) is 14.4 Å². The molecule has 0 saturated heterocycles. The Hall–Kier alpha value is -2.38. The SMILES string of the molecule is CCn1c(=O)[nH]c(=O)c2c1nc(CCCC(=O)O)n2C. The van der Waals surface area contributed by atoms with Gasteiger partial charge in [0, 0.05) is 26.4 Å². The Morgan fingerprint density at radius 1 is 1.40 bits per heavy atom. The molecule has 0 fully saturated rings. The zero-order valence-electron chi connectivity index (χ0n) is 11.3. The normalized spacial score (nSPS) is 11.1. The number of aryl methyl sites for hydroxylation is 3. The zero-order valence-corrected chi connectivity index (χ0v) is 11.3. The van der Waals surface area contributed by atoms with Crippen LogP contribution in [-0.4, -0.2) is 30.2 Å². The van der Waals surface area contributed by atoms with Gasteiger partial charge in [0.15, 0.2) is 11.2 Å². The fourth-order valence-corrected chi connectivity index (χ4v) is 2.21. The van der Waals surface area contributed by atoms with Crippen molar-refractivity contribution in [2.24, 2.45) is 7.05 Å². The van der Waals surface area contributed by atoms with Crippen LogP contribution < -0.4 is 11.2 Å². The maximum Gasteiger partial charge on any atom is 0.330 e.